The summed E-state index contributed by atoms with van der Waals surface area (Å²) in [7, 11) is 0. The lowest BCUT2D eigenvalue weighted by molar-refractivity contribution is -0.120. The standard InChI is InChI=1S/C32H31N7O3/c1-18-10-12-25(19(2)14-18)30(23-8-6-5-7-9-23)34-28(40)16-22-11-13-26-24(15-22)17-27(41-26)31(39-36-32(33)35-38-39)29-20(3)37-42-21(29)4/h5-15,17,30-31H,16H2,1-4H3,(H2,33,36)(H,34,40). The van der Waals surface area contributed by atoms with Gasteiger partial charge in [-0.05, 0) is 73.4 Å². The van der Waals surface area contributed by atoms with E-state index in [1.54, 1.807) is 0 Å². The van der Waals surface area contributed by atoms with E-state index < -0.39 is 6.04 Å². The van der Waals surface area contributed by atoms with Crippen LogP contribution in [0.25, 0.3) is 11.0 Å². The molecule has 0 radical (unpaired) electrons. The van der Waals surface area contributed by atoms with E-state index in [-0.39, 0.29) is 24.3 Å². The number of carbonyl (C=O) groups is 1. The van der Waals surface area contributed by atoms with Gasteiger partial charge in [-0.15, -0.1) is 9.90 Å². The fourth-order valence-electron chi connectivity index (χ4n) is 5.49. The summed E-state index contributed by atoms with van der Waals surface area (Å²) in [6.45, 7) is 7.81. The molecule has 2 unspecified atom stereocenters. The molecule has 2 atom stereocenters. The number of aryl methyl sites for hydroxylation is 4. The highest BCUT2D eigenvalue weighted by Gasteiger charge is 2.30. The van der Waals surface area contributed by atoms with Gasteiger partial charge in [0.15, 0.2) is 6.04 Å². The maximum Gasteiger partial charge on any atom is 0.260 e. The Labute approximate surface area is 242 Å². The minimum atomic E-state index is -0.579. The van der Waals surface area contributed by atoms with Crippen molar-refractivity contribution in [2.24, 2.45) is 0 Å². The zero-order valence-electron chi connectivity index (χ0n) is 23.8. The van der Waals surface area contributed by atoms with Gasteiger partial charge in [-0.1, -0.05) is 70.4 Å². The first-order chi connectivity index (χ1) is 20.3. The first-order valence-corrected chi connectivity index (χ1v) is 13.7. The van der Waals surface area contributed by atoms with E-state index in [9.17, 15) is 4.79 Å². The molecule has 3 N–H and O–H groups in total. The van der Waals surface area contributed by atoms with Crippen molar-refractivity contribution in [1.82, 2.24) is 30.7 Å². The number of nitrogens with two attached hydrogens (primary N) is 1. The lowest BCUT2D eigenvalue weighted by Crippen LogP contribution is -2.31. The normalized spacial score (nSPS) is 12.9. The first kappa shape index (κ1) is 26.9. The average Bonchev–Trinajstić information content (AvgIpc) is 3.67. The molecule has 0 saturated carbocycles. The summed E-state index contributed by atoms with van der Waals surface area (Å²) < 4.78 is 11.7. The highest BCUT2D eigenvalue weighted by Crippen LogP contribution is 2.34. The number of tetrazole rings is 1. The van der Waals surface area contributed by atoms with Gasteiger partial charge in [0.1, 0.15) is 17.1 Å². The molecule has 0 aliphatic carbocycles. The molecule has 42 heavy (non-hydrogen) atoms. The number of aromatic nitrogens is 5. The summed E-state index contributed by atoms with van der Waals surface area (Å²) in [6.07, 6.45) is 0.207. The van der Waals surface area contributed by atoms with E-state index in [1.165, 1.54) is 10.4 Å². The lowest BCUT2D eigenvalue weighted by atomic mass is 9.93. The Kier molecular flexibility index (Phi) is 7.03. The fraction of sp³-hybridized carbons (Fsp3) is 0.219. The molecule has 0 bridgehead atoms. The Balaban J connectivity index is 1.29. The lowest BCUT2D eigenvalue weighted by Gasteiger charge is -2.22. The van der Waals surface area contributed by atoms with Crippen LogP contribution >= 0.6 is 0 Å². The summed E-state index contributed by atoms with van der Waals surface area (Å²) >= 11 is 0. The Morgan fingerprint density at radius 2 is 1.81 bits per heavy atom. The number of benzene rings is 3. The van der Waals surface area contributed by atoms with Gasteiger partial charge in [0.2, 0.25) is 5.91 Å². The van der Waals surface area contributed by atoms with Crippen LogP contribution in [0.3, 0.4) is 0 Å². The van der Waals surface area contributed by atoms with Gasteiger partial charge in [0.05, 0.1) is 23.7 Å². The van der Waals surface area contributed by atoms with Crippen molar-refractivity contribution in [2.45, 2.75) is 46.2 Å². The van der Waals surface area contributed by atoms with Crippen LogP contribution in [0.5, 0.6) is 0 Å². The third-order valence-electron chi connectivity index (χ3n) is 7.45. The number of nitrogens with one attached hydrogen (secondary N) is 1. The monoisotopic (exact) mass is 561 g/mol. The minimum absolute atomic E-state index is 0.0470. The quantitative estimate of drug-likeness (QED) is 0.255. The van der Waals surface area contributed by atoms with Crippen LogP contribution in [0, 0.1) is 27.7 Å². The number of hydrogen-bond acceptors (Lipinski definition) is 8. The molecule has 10 heteroatoms. The summed E-state index contributed by atoms with van der Waals surface area (Å²) in [5.41, 5.74) is 13.2. The van der Waals surface area contributed by atoms with Gasteiger partial charge < -0.3 is 20.0 Å². The second-order valence-corrected chi connectivity index (χ2v) is 10.6. The number of carbonyl (C=O) groups excluding carboxylic acids is 1. The molecule has 10 nitrogen and oxygen atoms in total. The topological polar surface area (TPSA) is 138 Å². The number of nitrogen functional groups attached to an aromatic ring is 1. The third-order valence-corrected chi connectivity index (χ3v) is 7.45. The van der Waals surface area contributed by atoms with Crippen LogP contribution in [0.1, 0.15) is 62.7 Å². The molecule has 0 aliphatic rings. The minimum Gasteiger partial charge on any atom is -0.458 e. The molecular weight excluding hydrogens is 530 g/mol. The smallest absolute Gasteiger partial charge is 0.260 e. The second-order valence-electron chi connectivity index (χ2n) is 10.6. The third kappa shape index (κ3) is 5.26. The summed E-state index contributed by atoms with van der Waals surface area (Å²) in [4.78, 5) is 14.8. The predicted molar refractivity (Wildman–Crippen MR) is 158 cm³/mol. The summed E-state index contributed by atoms with van der Waals surface area (Å²) in [5.74, 6) is 1.15. The van der Waals surface area contributed by atoms with E-state index in [2.05, 4.69) is 57.9 Å². The molecule has 3 heterocycles. The van der Waals surface area contributed by atoms with Crippen molar-refractivity contribution >= 4 is 22.8 Å². The van der Waals surface area contributed by atoms with Gasteiger partial charge in [-0.2, -0.15) is 0 Å². The Hall–Kier alpha value is -5.25. The van der Waals surface area contributed by atoms with Crippen molar-refractivity contribution in [3.05, 3.63) is 123 Å². The molecule has 0 saturated heterocycles. The molecule has 6 aromatic rings. The number of rotatable bonds is 8. The SMILES string of the molecule is Cc1ccc(C(NC(=O)Cc2ccc3oc(C(c4c(C)noc4C)n4nnc(N)n4)cc3c2)c2ccccc2)c(C)c1. The number of nitrogens with zero attached hydrogens (tertiary/aromatic N) is 5. The molecule has 0 spiro atoms. The van der Waals surface area contributed by atoms with Crippen molar-refractivity contribution in [2.75, 3.05) is 5.73 Å². The highest BCUT2D eigenvalue weighted by molar-refractivity contribution is 5.83. The van der Waals surface area contributed by atoms with E-state index in [4.69, 9.17) is 14.7 Å². The maximum atomic E-state index is 13.4. The van der Waals surface area contributed by atoms with Gasteiger partial charge in [-0.25, -0.2) is 0 Å². The number of fused-ring (bicyclic) bond motifs is 1. The molecule has 1 amide bonds. The van der Waals surface area contributed by atoms with Crippen LogP contribution in [0.15, 0.2) is 81.7 Å². The second kappa shape index (κ2) is 11.0. The molecule has 212 valence electrons. The predicted octanol–water partition coefficient (Wildman–Crippen LogP) is 5.31. The molecule has 0 fully saturated rings. The Bertz CT molecular complexity index is 1870. The summed E-state index contributed by atoms with van der Waals surface area (Å²) in [6, 6.07) is 23.1. The number of amides is 1. The summed E-state index contributed by atoms with van der Waals surface area (Å²) in [5, 5.41) is 20.4. The maximum absolute atomic E-state index is 13.4. The van der Waals surface area contributed by atoms with Crippen LogP contribution in [0.4, 0.5) is 5.95 Å². The largest absolute Gasteiger partial charge is 0.458 e. The van der Waals surface area contributed by atoms with Crippen molar-refractivity contribution in [3.8, 4) is 0 Å². The van der Waals surface area contributed by atoms with Crippen LogP contribution in [-0.4, -0.2) is 31.3 Å². The van der Waals surface area contributed by atoms with Gasteiger partial charge in [0, 0.05) is 5.39 Å². The van der Waals surface area contributed by atoms with Crippen molar-refractivity contribution in [3.63, 3.8) is 0 Å². The Morgan fingerprint density at radius 1 is 1.00 bits per heavy atom. The molecule has 0 aliphatic heterocycles. The molecule has 3 aromatic heterocycles. The zero-order chi connectivity index (χ0) is 29.4. The number of anilines is 1. The number of hydrogen-bond donors (Lipinski definition) is 2. The van der Waals surface area contributed by atoms with Gasteiger partial charge >= 0.3 is 0 Å². The van der Waals surface area contributed by atoms with Crippen LogP contribution in [0.2, 0.25) is 0 Å². The molecular formula is C32H31N7O3. The Morgan fingerprint density at radius 3 is 2.50 bits per heavy atom. The van der Waals surface area contributed by atoms with Crippen LogP contribution < -0.4 is 11.1 Å². The van der Waals surface area contributed by atoms with E-state index in [0.29, 0.717) is 22.8 Å². The highest BCUT2D eigenvalue weighted by atomic mass is 16.5. The average molecular weight is 562 g/mol. The van der Waals surface area contributed by atoms with E-state index >= 15 is 0 Å². The van der Waals surface area contributed by atoms with E-state index in [1.807, 2.05) is 68.4 Å². The van der Waals surface area contributed by atoms with Gasteiger partial charge in [-0.3, -0.25) is 4.79 Å². The van der Waals surface area contributed by atoms with E-state index in [0.717, 1.165) is 33.2 Å². The first-order valence-electron chi connectivity index (χ1n) is 13.7. The fourth-order valence-corrected chi connectivity index (χ4v) is 5.49. The number of furan rings is 1. The van der Waals surface area contributed by atoms with Crippen molar-refractivity contribution < 1.29 is 13.7 Å². The van der Waals surface area contributed by atoms with Gasteiger partial charge in [0.25, 0.3) is 5.95 Å². The molecule has 3 aromatic carbocycles. The zero-order valence-corrected chi connectivity index (χ0v) is 23.8. The van der Waals surface area contributed by atoms with Crippen LogP contribution in [-0.2, 0) is 11.2 Å². The van der Waals surface area contributed by atoms with Crippen molar-refractivity contribution in [1.29, 1.82) is 0 Å². The molecule has 6 rings (SSSR count).